The van der Waals surface area contributed by atoms with Crippen molar-refractivity contribution in [2.24, 2.45) is 0 Å². The molecule has 0 aliphatic carbocycles. The number of nitrogens with one attached hydrogen (secondary N) is 3. The van der Waals surface area contributed by atoms with Crippen molar-refractivity contribution in [1.29, 1.82) is 0 Å². The van der Waals surface area contributed by atoms with Gasteiger partial charge in [0.15, 0.2) is 29.0 Å². The highest BCUT2D eigenvalue weighted by molar-refractivity contribution is 6.08. The Bertz CT molecular complexity index is 5790. The maximum atomic E-state index is 14.4. The van der Waals surface area contributed by atoms with Crippen molar-refractivity contribution in [2.45, 2.75) is 47.7 Å². The number of hydrogen-bond donors (Lipinski definition) is 3. The monoisotopic (exact) mass is 1390 g/mol. The van der Waals surface area contributed by atoms with Crippen molar-refractivity contribution in [1.82, 2.24) is 43.1 Å². The molecule has 22 heteroatoms. The predicted molar refractivity (Wildman–Crippen MR) is 388 cm³/mol. The minimum Gasteiger partial charge on any atom is -0.322 e. The van der Waals surface area contributed by atoms with Crippen molar-refractivity contribution >= 4 is 51.3 Å². The zero-order valence-corrected chi connectivity index (χ0v) is 56.5. The molecule has 3 N–H and O–H groups in total. The van der Waals surface area contributed by atoms with Crippen molar-refractivity contribution in [3.05, 3.63) is 323 Å². The first-order chi connectivity index (χ1) is 50.1. The van der Waals surface area contributed by atoms with Crippen molar-refractivity contribution < 1.29 is 45.1 Å². The molecular weight excluding hydrogens is 1330 g/mol. The summed E-state index contributed by atoms with van der Waals surface area (Å²) in [5.41, 5.74) is 13.4. The molecular formula is C82H61F7N12O3. The number of fused-ring (bicyclic) bond motifs is 3. The summed E-state index contributed by atoms with van der Waals surface area (Å²) in [6.45, 7) is 11.6. The second kappa shape index (κ2) is 29.1. The van der Waals surface area contributed by atoms with Gasteiger partial charge >= 0.3 is 6.18 Å². The molecule has 9 aromatic heterocycles. The number of nitrogens with zero attached hydrogens (tertiary/aromatic N) is 9. The van der Waals surface area contributed by atoms with Gasteiger partial charge in [0.05, 0.1) is 74.3 Å². The Morgan fingerprint density at radius 2 is 0.673 bits per heavy atom. The van der Waals surface area contributed by atoms with E-state index in [9.17, 15) is 45.1 Å². The van der Waals surface area contributed by atoms with E-state index >= 15 is 0 Å². The second-order valence-electron chi connectivity index (χ2n) is 24.6. The Morgan fingerprint density at radius 1 is 0.346 bits per heavy atom. The molecule has 104 heavy (non-hydrogen) atoms. The number of rotatable bonds is 12. The largest absolute Gasteiger partial charge is 0.434 e. The fraction of sp³-hybridized carbons (Fsp3) is 0.0854. The molecule has 0 radical (unpaired) electrons. The first kappa shape index (κ1) is 69.2. The van der Waals surface area contributed by atoms with Crippen molar-refractivity contribution in [3.8, 4) is 67.5 Å². The average Bonchev–Trinajstić information content (AvgIpc) is 1.71. The second-order valence-corrected chi connectivity index (χ2v) is 24.6. The molecule has 0 unspecified atom stereocenters. The SMILES string of the molecule is Cc1ccc(NC(=O)c2cc(-c3cccn4c(-c5cccc(F)c5F)ncc34)cnc2C(F)(F)F)cc1.Cc1ccc(NC(=O)c2cc(-c3cccn4c(-c5cccc(F)c5F)ncc34)cnc2C)cc1.Cc1ccc(NC(=O)c2cc(-c3cccn4c(-c5ccccc5C)ncc34)cnc2C)cc1. The number of aromatic nitrogens is 9. The molecule has 9 heterocycles. The number of alkyl halides is 3. The number of halogens is 7. The minimum absolute atomic E-state index is 0.0670. The lowest BCUT2D eigenvalue weighted by Gasteiger charge is -2.14. The molecule has 516 valence electrons. The number of benzene rings is 6. The Balaban J connectivity index is 0.000000139. The topological polar surface area (TPSA) is 178 Å². The zero-order chi connectivity index (χ0) is 73.1. The minimum atomic E-state index is -4.87. The summed E-state index contributed by atoms with van der Waals surface area (Å²) in [6, 6.07) is 53.5. The molecule has 15 aromatic rings. The van der Waals surface area contributed by atoms with Crippen LogP contribution in [-0.2, 0) is 6.18 Å². The molecule has 15 nitrogen and oxygen atoms in total. The van der Waals surface area contributed by atoms with Crippen LogP contribution in [0.25, 0.3) is 84.1 Å². The van der Waals surface area contributed by atoms with E-state index in [-0.39, 0.29) is 40.2 Å². The van der Waals surface area contributed by atoms with Gasteiger partial charge in [0.2, 0.25) is 0 Å². The van der Waals surface area contributed by atoms with Gasteiger partial charge in [-0.25, -0.2) is 32.5 Å². The van der Waals surface area contributed by atoms with Crippen LogP contribution in [0, 0.1) is 64.8 Å². The summed E-state index contributed by atoms with van der Waals surface area (Å²) in [7, 11) is 0. The van der Waals surface area contributed by atoms with Gasteiger partial charge < -0.3 is 16.0 Å². The summed E-state index contributed by atoms with van der Waals surface area (Å²) >= 11 is 0. The number of hydrogen-bond acceptors (Lipinski definition) is 9. The number of carbonyl (C=O) groups is 3. The van der Waals surface area contributed by atoms with E-state index in [1.54, 1.807) is 84.6 Å². The molecule has 3 amide bonds. The Kier molecular flexibility index (Phi) is 19.4. The highest BCUT2D eigenvalue weighted by atomic mass is 19.4. The van der Waals surface area contributed by atoms with Gasteiger partial charge in [0.1, 0.15) is 17.5 Å². The van der Waals surface area contributed by atoms with E-state index in [0.717, 1.165) is 80.4 Å². The highest BCUT2D eigenvalue weighted by Gasteiger charge is 2.38. The van der Waals surface area contributed by atoms with Crippen LogP contribution in [0.15, 0.2) is 244 Å². The van der Waals surface area contributed by atoms with E-state index in [2.05, 4.69) is 64.3 Å². The first-order valence-electron chi connectivity index (χ1n) is 32.6. The van der Waals surface area contributed by atoms with Gasteiger partial charge in [0.25, 0.3) is 17.7 Å². The fourth-order valence-electron chi connectivity index (χ4n) is 11.9. The molecule has 0 fully saturated rings. The molecule has 0 saturated carbocycles. The van der Waals surface area contributed by atoms with E-state index in [4.69, 9.17) is 4.98 Å². The highest BCUT2D eigenvalue weighted by Crippen LogP contribution is 2.37. The number of carbonyl (C=O) groups excluding carboxylic acids is 3. The van der Waals surface area contributed by atoms with Gasteiger partial charge in [-0.3, -0.25) is 42.5 Å². The maximum absolute atomic E-state index is 14.4. The Morgan fingerprint density at radius 3 is 1.05 bits per heavy atom. The molecule has 6 aromatic carbocycles. The third-order valence-corrected chi connectivity index (χ3v) is 17.4. The quantitative estimate of drug-likeness (QED) is 0.100. The summed E-state index contributed by atoms with van der Waals surface area (Å²) < 4.78 is 103. The lowest BCUT2D eigenvalue weighted by atomic mass is 10.0. The van der Waals surface area contributed by atoms with Crippen LogP contribution in [0.5, 0.6) is 0 Å². The molecule has 15 rings (SSSR count). The first-order valence-corrected chi connectivity index (χ1v) is 32.6. The number of pyridine rings is 6. The van der Waals surface area contributed by atoms with Crippen LogP contribution in [0.2, 0.25) is 0 Å². The van der Waals surface area contributed by atoms with E-state index in [1.165, 1.54) is 40.4 Å². The van der Waals surface area contributed by atoms with Crippen LogP contribution in [-0.4, -0.2) is 60.8 Å². The lowest BCUT2D eigenvalue weighted by Crippen LogP contribution is -2.20. The van der Waals surface area contributed by atoms with E-state index < -0.39 is 46.6 Å². The number of amides is 3. The number of aryl methyl sites for hydroxylation is 6. The predicted octanol–water partition coefficient (Wildman–Crippen LogP) is 19.4. The molecule has 0 bridgehead atoms. The molecule has 0 spiro atoms. The van der Waals surface area contributed by atoms with E-state index in [1.807, 2.05) is 131 Å². The van der Waals surface area contributed by atoms with Gasteiger partial charge in [-0.05, 0) is 144 Å². The fourth-order valence-corrected chi connectivity index (χ4v) is 11.9. The normalized spacial score (nSPS) is 11.2. The Hall–Kier alpha value is -13.2. The number of imidazole rings is 3. The van der Waals surface area contributed by atoms with Crippen LogP contribution in [0.4, 0.5) is 47.8 Å². The number of anilines is 3. The van der Waals surface area contributed by atoms with Gasteiger partial charge in [-0.2, -0.15) is 13.2 Å². The zero-order valence-electron chi connectivity index (χ0n) is 56.5. The van der Waals surface area contributed by atoms with Crippen LogP contribution in [0.3, 0.4) is 0 Å². The summed E-state index contributed by atoms with van der Waals surface area (Å²) in [6.07, 6.45) is 9.81. The average molecular weight is 1400 g/mol. The smallest absolute Gasteiger partial charge is 0.322 e. The van der Waals surface area contributed by atoms with Crippen LogP contribution >= 0.6 is 0 Å². The van der Waals surface area contributed by atoms with Gasteiger partial charge in [0, 0.05) is 93.2 Å². The molecule has 0 aliphatic rings. The van der Waals surface area contributed by atoms with Crippen LogP contribution in [0.1, 0.15) is 70.4 Å². The van der Waals surface area contributed by atoms with E-state index in [0.29, 0.717) is 56.0 Å². The third kappa shape index (κ3) is 14.4. The molecule has 0 atom stereocenters. The molecule has 0 aliphatic heterocycles. The summed E-state index contributed by atoms with van der Waals surface area (Å²) in [5, 5.41) is 8.36. The Labute approximate surface area is 591 Å². The van der Waals surface area contributed by atoms with Crippen LogP contribution < -0.4 is 16.0 Å². The summed E-state index contributed by atoms with van der Waals surface area (Å²) in [4.78, 5) is 64.7. The standard InChI is InChI=1S/C28H24N4O.C27H17F5N4O.C27H20F2N4O/c1-18-10-12-22(13-11-18)31-28(33)25-15-21(16-29-20(25)3)24-9-6-14-32-26(24)17-30-27(32)23-8-5-4-7-19(23)2;1-15-7-9-17(10-8-15)35-26(37)20-12-16(13-33-24(20)27(30,31)32)18-5-3-11-36-22(18)14-34-25(36)19-4-2-6-21(28)23(19)29;1-16-8-10-19(11-9-16)32-27(34)22-13-18(14-30-17(22)2)20-6-4-12-33-24(20)15-31-26(33)21-5-3-7-23(28)25(21)29/h4-17H,1-3H3,(H,31,33);2-14H,1H3,(H,35,37);3-15H,1-2H3,(H,32,34). The van der Waals surface area contributed by atoms with Gasteiger partial charge in [-0.15, -0.1) is 0 Å². The van der Waals surface area contributed by atoms with Crippen molar-refractivity contribution in [3.63, 3.8) is 0 Å². The van der Waals surface area contributed by atoms with Crippen molar-refractivity contribution in [2.75, 3.05) is 16.0 Å². The lowest BCUT2D eigenvalue weighted by molar-refractivity contribution is -0.141. The maximum Gasteiger partial charge on any atom is 0.434 e. The van der Waals surface area contributed by atoms with Gasteiger partial charge in [-0.1, -0.05) is 108 Å². The summed E-state index contributed by atoms with van der Waals surface area (Å²) in [5.74, 6) is -4.14. The molecule has 0 saturated heterocycles. The third-order valence-electron chi connectivity index (χ3n) is 17.4.